The highest BCUT2D eigenvalue weighted by atomic mass is 35.5. The molecular weight excluding hydrogens is 200 g/mol. The van der Waals surface area contributed by atoms with E-state index in [0.717, 1.165) is 17.0 Å². The molecule has 14 heavy (non-hydrogen) atoms. The van der Waals surface area contributed by atoms with E-state index in [9.17, 15) is 0 Å². The molecule has 0 amide bonds. The minimum absolute atomic E-state index is 0.457. The van der Waals surface area contributed by atoms with Crippen LogP contribution in [0.4, 0.5) is 0 Å². The summed E-state index contributed by atoms with van der Waals surface area (Å²) in [7, 11) is 0. The summed E-state index contributed by atoms with van der Waals surface area (Å²) < 4.78 is 0. The number of hydrogen-bond donors (Lipinski definition) is 1. The highest BCUT2D eigenvalue weighted by molar-refractivity contribution is 6.30. The van der Waals surface area contributed by atoms with Gasteiger partial charge in [0.05, 0.1) is 0 Å². The molecule has 0 fully saturated rings. The van der Waals surface area contributed by atoms with Crippen LogP contribution in [0, 0.1) is 0 Å². The van der Waals surface area contributed by atoms with Crippen LogP contribution in [0.5, 0.6) is 0 Å². The van der Waals surface area contributed by atoms with Crippen LogP contribution in [0.1, 0.15) is 12.0 Å². The van der Waals surface area contributed by atoms with Gasteiger partial charge in [-0.05, 0) is 30.7 Å². The molecule has 0 heterocycles. The maximum absolute atomic E-state index is 5.73. The summed E-state index contributed by atoms with van der Waals surface area (Å²) >= 11 is 5.73. The summed E-state index contributed by atoms with van der Waals surface area (Å²) in [6.45, 7) is 1.05. The van der Waals surface area contributed by atoms with Gasteiger partial charge in [0.25, 0.3) is 0 Å². The van der Waals surface area contributed by atoms with Crippen molar-refractivity contribution >= 4 is 17.8 Å². The molecular formula is C10H13ClN2O. The Kier molecular flexibility index (Phi) is 5.04. The fourth-order valence-corrected chi connectivity index (χ4v) is 0.998. The first-order chi connectivity index (χ1) is 6.83. The second-order valence-corrected chi connectivity index (χ2v) is 3.20. The van der Waals surface area contributed by atoms with Gasteiger partial charge in [-0.15, -0.1) is 0 Å². The summed E-state index contributed by atoms with van der Waals surface area (Å²) in [6.07, 6.45) is 2.40. The summed E-state index contributed by atoms with van der Waals surface area (Å²) in [6, 6.07) is 7.45. The lowest BCUT2D eigenvalue weighted by Crippen LogP contribution is -1.98. The maximum atomic E-state index is 5.73. The molecule has 4 heteroatoms. The van der Waals surface area contributed by atoms with E-state index in [1.165, 1.54) is 0 Å². The van der Waals surface area contributed by atoms with Crippen molar-refractivity contribution in [3.63, 3.8) is 0 Å². The number of nitrogens with two attached hydrogens (primary N) is 1. The zero-order valence-corrected chi connectivity index (χ0v) is 8.57. The van der Waals surface area contributed by atoms with Crippen LogP contribution < -0.4 is 5.73 Å². The van der Waals surface area contributed by atoms with Crippen LogP contribution in [0.15, 0.2) is 29.4 Å². The molecule has 0 radical (unpaired) electrons. The molecule has 0 aliphatic rings. The van der Waals surface area contributed by atoms with E-state index in [4.69, 9.17) is 22.2 Å². The van der Waals surface area contributed by atoms with E-state index in [0.29, 0.717) is 13.2 Å². The van der Waals surface area contributed by atoms with Gasteiger partial charge >= 0.3 is 0 Å². The van der Waals surface area contributed by atoms with Crippen LogP contribution in [0.2, 0.25) is 5.02 Å². The van der Waals surface area contributed by atoms with Crippen molar-refractivity contribution in [1.82, 2.24) is 0 Å². The van der Waals surface area contributed by atoms with Gasteiger partial charge in [0.15, 0.2) is 0 Å². The average molecular weight is 213 g/mol. The Morgan fingerprint density at radius 1 is 1.36 bits per heavy atom. The fraction of sp³-hybridized carbons (Fsp3) is 0.300. The predicted molar refractivity (Wildman–Crippen MR) is 58.4 cm³/mol. The number of benzene rings is 1. The summed E-state index contributed by atoms with van der Waals surface area (Å²) in [5, 5.41) is 4.46. The van der Waals surface area contributed by atoms with E-state index in [1.54, 1.807) is 6.21 Å². The Labute approximate surface area is 88.5 Å². The second-order valence-electron chi connectivity index (χ2n) is 2.77. The fourth-order valence-electron chi connectivity index (χ4n) is 0.872. The van der Waals surface area contributed by atoms with Crippen LogP contribution in [0.3, 0.4) is 0 Å². The minimum atomic E-state index is 0.457. The summed E-state index contributed by atoms with van der Waals surface area (Å²) in [5.74, 6) is 0. The molecule has 2 N–H and O–H groups in total. The zero-order valence-electron chi connectivity index (χ0n) is 7.82. The van der Waals surface area contributed by atoms with E-state index in [1.807, 2.05) is 24.3 Å². The lowest BCUT2D eigenvalue weighted by Gasteiger charge is -1.99. The van der Waals surface area contributed by atoms with Gasteiger partial charge in [-0.1, -0.05) is 28.9 Å². The smallest absolute Gasteiger partial charge is 0.142 e. The molecule has 0 saturated heterocycles. The first-order valence-corrected chi connectivity index (χ1v) is 4.79. The standard InChI is InChI=1S/C10H13ClN2O/c11-10-4-2-9(3-5-10)8-14-13-7-1-6-12/h2-5,7H,1,6,8,12H2/b13-7+. The largest absolute Gasteiger partial charge is 0.391 e. The molecule has 0 spiro atoms. The van der Waals surface area contributed by atoms with E-state index in [2.05, 4.69) is 5.16 Å². The second kappa shape index (κ2) is 6.40. The van der Waals surface area contributed by atoms with Crippen molar-refractivity contribution in [2.24, 2.45) is 10.9 Å². The van der Waals surface area contributed by atoms with E-state index >= 15 is 0 Å². The van der Waals surface area contributed by atoms with E-state index in [-0.39, 0.29) is 0 Å². The lowest BCUT2D eigenvalue weighted by atomic mass is 10.2. The van der Waals surface area contributed by atoms with Crippen molar-refractivity contribution in [3.8, 4) is 0 Å². The Bertz CT molecular complexity index is 285. The SMILES string of the molecule is NCC/C=N/OCc1ccc(Cl)cc1. The molecule has 0 atom stereocenters. The van der Waals surface area contributed by atoms with Gasteiger partial charge < -0.3 is 10.6 Å². The third-order valence-electron chi connectivity index (χ3n) is 1.59. The molecule has 0 aliphatic heterocycles. The van der Waals surface area contributed by atoms with Crippen LogP contribution in [0.25, 0.3) is 0 Å². The number of oxime groups is 1. The Hall–Kier alpha value is -1.06. The molecule has 3 nitrogen and oxygen atoms in total. The summed E-state index contributed by atoms with van der Waals surface area (Å²) in [5.41, 5.74) is 6.32. The van der Waals surface area contributed by atoms with E-state index < -0.39 is 0 Å². The number of hydrogen-bond acceptors (Lipinski definition) is 3. The first kappa shape index (κ1) is 11.0. The van der Waals surface area contributed by atoms with Gasteiger partial charge in [0.1, 0.15) is 6.61 Å². The van der Waals surface area contributed by atoms with Crippen LogP contribution >= 0.6 is 11.6 Å². The van der Waals surface area contributed by atoms with Crippen molar-refractivity contribution < 1.29 is 4.84 Å². The number of nitrogens with zero attached hydrogens (tertiary/aromatic N) is 1. The molecule has 0 aromatic heterocycles. The van der Waals surface area contributed by atoms with Gasteiger partial charge in [-0.25, -0.2) is 0 Å². The average Bonchev–Trinajstić information content (AvgIpc) is 2.21. The Morgan fingerprint density at radius 2 is 2.07 bits per heavy atom. The highest BCUT2D eigenvalue weighted by Crippen LogP contribution is 2.10. The van der Waals surface area contributed by atoms with Gasteiger partial charge in [-0.2, -0.15) is 0 Å². The van der Waals surface area contributed by atoms with Crippen molar-refractivity contribution in [3.05, 3.63) is 34.9 Å². The predicted octanol–water partition coefficient (Wildman–Crippen LogP) is 2.19. The number of rotatable bonds is 5. The highest BCUT2D eigenvalue weighted by Gasteiger charge is 1.91. The first-order valence-electron chi connectivity index (χ1n) is 4.41. The van der Waals surface area contributed by atoms with Crippen molar-refractivity contribution in [2.45, 2.75) is 13.0 Å². The topological polar surface area (TPSA) is 47.6 Å². The molecule has 0 unspecified atom stereocenters. The summed E-state index contributed by atoms with van der Waals surface area (Å²) in [4.78, 5) is 5.03. The van der Waals surface area contributed by atoms with Crippen LogP contribution in [-0.2, 0) is 11.4 Å². The molecule has 0 aliphatic carbocycles. The molecule has 0 bridgehead atoms. The van der Waals surface area contributed by atoms with Crippen molar-refractivity contribution in [1.29, 1.82) is 0 Å². The Morgan fingerprint density at radius 3 is 2.71 bits per heavy atom. The third-order valence-corrected chi connectivity index (χ3v) is 1.84. The lowest BCUT2D eigenvalue weighted by molar-refractivity contribution is 0.131. The zero-order chi connectivity index (χ0) is 10.2. The number of halogens is 1. The molecule has 0 saturated carbocycles. The van der Waals surface area contributed by atoms with Gasteiger partial charge in [-0.3, -0.25) is 0 Å². The van der Waals surface area contributed by atoms with Crippen molar-refractivity contribution in [2.75, 3.05) is 6.54 Å². The third kappa shape index (κ3) is 4.25. The van der Waals surface area contributed by atoms with Gasteiger partial charge in [0, 0.05) is 11.2 Å². The Balaban J connectivity index is 2.28. The molecule has 1 aromatic carbocycles. The molecule has 1 rings (SSSR count). The van der Waals surface area contributed by atoms with Crippen LogP contribution in [-0.4, -0.2) is 12.8 Å². The maximum Gasteiger partial charge on any atom is 0.142 e. The molecule has 1 aromatic rings. The molecule has 76 valence electrons. The minimum Gasteiger partial charge on any atom is -0.391 e. The normalized spacial score (nSPS) is 10.7. The quantitative estimate of drug-likeness (QED) is 0.601. The van der Waals surface area contributed by atoms with Gasteiger partial charge in [0.2, 0.25) is 0 Å². The monoisotopic (exact) mass is 212 g/mol.